The number of fused-ring (bicyclic) bond motifs is 2. The standard InChI is InChI=1S/C36H30N2O7S/c1-3-42-28-18-23(10-13-27(28)45-20-22-7-5-4-6-8-22)32-31(33(39)24-11-14-26-29(19-24)44-16-15-43-26)34(40)35(41)38(32)36-37-25-12-9-21(2)17-30(25)46-36/h4-14,17-19,32,39H,3,15-16,20H2,1-2H3. The first-order valence-corrected chi connectivity index (χ1v) is 15.7. The van der Waals surface area contributed by atoms with E-state index in [0.717, 1.165) is 15.8 Å². The van der Waals surface area contributed by atoms with Gasteiger partial charge >= 0.3 is 5.91 Å². The van der Waals surface area contributed by atoms with E-state index in [1.165, 1.54) is 16.2 Å². The van der Waals surface area contributed by atoms with E-state index in [9.17, 15) is 14.7 Å². The van der Waals surface area contributed by atoms with Gasteiger partial charge in [0.05, 0.1) is 28.4 Å². The first-order chi connectivity index (χ1) is 22.4. The Labute approximate surface area is 269 Å². The van der Waals surface area contributed by atoms with Gasteiger partial charge in [0, 0.05) is 5.56 Å². The maximum atomic E-state index is 13.8. The fourth-order valence-electron chi connectivity index (χ4n) is 5.63. The Kier molecular flexibility index (Phi) is 7.79. The van der Waals surface area contributed by atoms with Crippen LogP contribution >= 0.6 is 11.3 Å². The van der Waals surface area contributed by atoms with Crippen molar-refractivity contribution in [2.45, 2.75) is 26.5 Å². The number of ether oxygens (including phenoxy) is 4. The summed E-state index contributed by atoms with van der Waals surface area (Å²) in [5, 5.41) is 12.1. The van der Waals surface area contributed by atoms with Crippen LogP contribution in [0.25, 0.3) is 16.0 Å². The Balaban J connectivity index is 1.36. The molecule has 2 aliphatic rings. The molecule has 0 saturated carbocycles. The number of ketones is 1. The van der Waals surface area contributed by atoms with Gasteiger partial charge in [0.1, 0.15) is 25.6 Å². The number of hydrogen-bond acceptors (Lipinski definition) is 9. The van der Waals surface area contributed by atoms with Gasteiger partial charge in [-0.05, 0) is 73.0 Å². The second-order valence-electron chi connectivity index (χ2n) is 10.9. The molecule has 3 heterocycles. The molecule has 7 rings (SSSR count). The normalized spacial score (nSPS) is 17.0. The molecule has 1 N–H and O–H groups in total. The van der Waals surface area contributed by atoms with Crippen molar-refractivity contribution < 1.29 is 33.6 Å². The molecule has 46 heavy (non-hydrogen) atoms. The number of rotatable bonds is 8. The van der Waals surface area contributed by atoms with Gasteiger partial charge in [-0.25, -0.2) is 4.98 Å². The smallest absolute Gasteiger partial charge is 0.301 e. The van der Waals surface area contributed by atoms with Crippen LogP contribution in [0.1, 0.15) is 35.2 Å². The molecule has 1 atom stereocenters. The quantitative estimate of drug-likeness (QED) is 0.111. The number of carbonyl (C=O) groups excluding carboxylic acids is 2. The second-order valence-corrected chi connectivity index (χ2v) is 11.9. The van der Waals surface area contributed by atoms with Crippen molar-refractivity contribution in [1.29, 1.82) is 0 Å². The maximum absolute atomic E-state index is 13.8. The van der Waals surface area contributed by atoms with Gasteiger partial charge in [0.15, 0.2) is 28.1 Å². The van der Waals surface area contributed by atoms with Crippen LogP contribution in [0, 0.1) is 6.92 Å². The molecule has 0 bridgehead atoms. The molecule has 0 spiro atoms. The Morgan fingerprint density at radius 1 is 0.935 bits per heavy atom. The van der Waals surface area contributed by atoms with Crippen molar-refractivity contribution in [3.63, 3.8) is 0 Å². The van der Waals surface area contributed by atoms with E-state index in [2.05, 4.69) is 0 Å². The second kappa shape index (κ2) is 12.2. The third-order valence-corrected chi connectivity index (χ3v) is 8.84. The average Bonchev–Trinajstić information content (AvgIpc) is 3.61. The molecule has 4 aromatic carbocycles. The van der Waals surface area contributed by atoms with Gasteiger partial charge < -0.3 is 24.1 Å². The topological polar surface area (TPSA) is 107 Å². The largest absolute Gasteiger partial charge is 0.507 e. The minimum absolute atomic E-state index is 0.0717. The third-order valence-electron chi connectivity index (χ3n) is 7.82. The summed E-state index contributed by atoms with van der Waals surface area (Å²) in [5.41, 5.74) is 3.54. The van der Waals surface area contributed by atoms with E-state index in [1.54, 1.807) is 36.4 Å². The van der Waals surface area contributed by atoms with E-state index >= 15 is 0 Å². The lowest BCUT2D eigenvalue weighted by molar-refractivity contribution is -0.132. The molecule has 2 aliphatic heterocycles. The van der Waals surface area contributed by atoms with Crippen molar-refractivity contribution in [2.24, 2.45) is 0 Å². The Bertz CT molecular complexity index is 2000. The van der Waals surface area contributed by atoms with Crippen molar-refractivity contribution >= 4 is 44.1 Å². The number of Topliss-reactive ketones (excluding diaryl/α,β-unsaturated/α-hetero) is 1. The number of aliphatic hydroxyl groups is 1. The maximum Gasteiger partial charge on any atom is 0.301 e. The molecule has 1 saturated heterocycles. The van der Waals surface area contributed by atoms with Crippen molar-refractivity contribution in [1.82, 2.24) is 4.98 Å². The van der Waals surface area contributed by atoms with Crippen molar-refractivity contribution in [2.75, 3.05) is 24.7 Å². The molecule has 1 unspecified atom stereocenters. The molecule has 1 aromatic heterocycles. The van der Waals surface area contributed by atoms with Gasteiger partial charge in [0.2, 0.25) is 0 Å². The van der Waals surface area contributed by atoms with E-state index in [-0.39, 0.29) is 11.3 Å². The Morgan fingerprint density at radius 3 is 2.54 bits per heavy atom. The van der Waals surface area contributed by atoms with E-state index in [4.69, 9.17) is 23.9 Å². The fourth-order valence-corrected chi connectivity index (χ4v) is 6.72. The summed E-state index contributed by atoms with van der Waals surface area (Å²) in [4.78, 5) is 33.8. The summed E-state index contributed by atoms with van der Waals surface area (Å²) in [7, 11) is 0. The average molecular weight is 635 g/mol. The van der Waals surface area contributed by atoms with Crippen LogP contribution < -0.4 is 23.8 Å². The minimum Gasteiger partial charge on any atom is -0.507 e. The number of aliphatic hydroxyl groups excluding tert-OH is 1. The van der Waals surface area contributed by atoms with E-state index in [1.807, 2.05) is 62.4 Å². The number of anilines is 1. The summed E-state index contributed by atoms with van der Waals surface area (Å²) >= 11 is 1.31. The molecule has 9 nitrogen and oxygen atoms in total. The van der Waals surface area contributed by atoms with Crippen LogP contribution in [-0.2, 0) is 16.2 Å². The molecular weight excluding hydrogens is 604 g/mol. The summed E-state index contributed by atoms with van der Waals surface area (Å²) in [6.07, 6.45) is 0. The van der Waals surface area contributed by atoms with Crippen LogP contribution in [0.2, 0.25) is 0 Å². The summed E-state index contributed by atoms with van der Waals surface area (Å²) in [6.45, 7) is 5.31. The number of benzene rings is 4. The summed E-state index contributed by atoms with van der Waals surface area (Å²) in [6, 6.07) is 24.8. The lowest BCUT2D eigenvalue weighted by atomic mass is 9.95. The molecule has 1 fully saturated rings. The highest BCUT2D eigenvalue weighted by atomic mass is 32.1. The number of aromatic nitrogens is 1. The van der Waals surface area contributed by atoms with Gasteiger partial charge in [-0.1, -0.05) is 53.8 Å². The molecule has 0 radical (unpaired) electrons. The van der Waals surface area contributed by atoms with E-state index < -0.39 is 17.7 Å². The Hall–Kier alpha value is -5.35. The zero-order valence-corrected chi connectivity index (χ0v) is 26.0. The fraction of sp³-hybridized carbons (Fsp3) is 0.194. The first kappa shape index (κ1) is 29.4. The lowest BCUT2D eigenvalue weighted by Crippen LogP contribution is -2.29. The van der Waals surface area contributed by atoms with Crippen LogP contribution in [0.4, 0.5) is 5.13 Å². The molecule has 1 amide bonds. The molecule has 5 aromatic rings. The zero-order chi connectivity index (χ0) is 31.8. The highest BCUT2D eigenvalue weighted by molar-refractivity contribution is 7.22. The number of hydrogen-bond donors (Lipinski definition) is 1. The SMILES string of the molecule is CCOc1cc(C2C(=C(O)c3ccc4c(c3)OCCO4)C(=O)C(=O)N2c2nc3ccc(C)cc3s2)ccc1OCc1ccccc1. The molecular formula is C36H30N2O7S. The monoisotopic (exact) mass is 634 g/mol. The predicted octanol–water partition coefficient (Wildman–Crippen LogP) is 6.98. The summed E-state index contributed by atoms with van der Waals surface area (Å²) in [5.74, 6) is -0.00719. The first-order valence-electron chi connectivity index (χ1n) is 14.9. The number of carbonyl (C=O) groups is 2. The van der Waals surface area contributed by atoms with E-state index in [0.29, 0.717) is 71.2 Å². The van der Waals surface area contributed by atoms with Crippen LogP contribution in [0.5, 0.6) is 23.0 Å². The number of aryl methyl sites for hydroxylation is 1. The Morgan fingerprint density at radius 2 is 1.74 bits per heavy atom. The zero-order valence-electron chi connectivity index (χ0n) is 25.2. The predicted molar refractivity (Wildman–Crippen MR) is 175 cm³/mol. The highest BCUT2D eigenvalue weighted by Crippen LogP contribution is 2.46. The van der Waals surface area contributed by atoms with Crippen molar-refractivity contribution in [3.05, 3.63) is 113 Å². The van der Waals surface area contributed by atoms with Crippen molar-refractivity contribution in [3.8, 4) is 23.0 Å². The minimum atomic E-state index is -1.00. The van der Waals surface area contributed by atoms with Gasteiger partial charge in [-0.15, -0.1) is 0 Å². The molecule has 232 valence electrons. The van der Waals surface area contributed by atoms with Crippen LogP contribution in [-0.4, -0.2) is 41.6 Å². The number of amides is 1. The van der Waals surface area contributed by atoms with Gasteiger partial charge in [-0.3, -0.25) is 14.5 Å². The van der Waals surface area contributed by atoms with Crippen LogP contribution in [0.15, 0.2) is 90.5 Å². The number of thiazole rings is 1. The third kappa shape index (κ3) is 5.41. The van der Waals surface area contributed by atoms with Crippen LogP contribution in [0.3, 0.4) is 0 Å². The van der Waals surface area contributed by atoms with Gasteiger partial charge in [0.25, 0.3) is 5.78 Å². The summed E-state index contributed by atoms with van der Waals surface area (Å²) < 4.78 is 24.3. The molecule has 10 heteroatoms. The van der Waals surface area contributed by atoms with Gasteiger partial charge in [-0.2, -0.15) is 0 Å². The highest BCUT2D eigenvalue weighted by Gasteiger charge is 2.48. The number of nitrogens with zero attached hydrogens (tertiary/aromatic N) is 2. The lowest BCUT2D eigenvalue weighted by Gasteiger charge is -2.24. The molecule has 0 aliphatic carbocycles.